The van der Waals surface area contributed by atoms with Crippen molar-refractivity contribution in [1.82, 2.24) is 9.55 Å². The number of nitrogens with zero attached hydrogens (tertiary/aromatic N) is 1. The number of ether oxygens (including phenoxy) is 1. The fourth-order valence-electron chi connectivity index (χ4n) is 3.15. The number of benzene rings is 2. The van der Waals surface area contributed by atoms with Gasteiger partial charge in [-0.2, -0.15) is 0 Å². The van der Waals surface area contributed by atoms with Gasteiger partial charge in [0.05, 0.1) is 6.42 Å². The SMILES string of the molecule is Cn1c(N)c(C(=O)COC(=O)CC(c2ccccc2)c2ccccc2)c(=O)[nH]c1=O. The normalized spacial score (nSPS) is 10.7. The predicted octanol–water partition coefficient (Wildman–Crippen LogP) is 1.60. The minimum Gasteiger partial charge on any atom is -0.457 e. The van der Waals surface area contributed by atoms with Gasteiger partial charge in [-0.15, -0.1) is 0 Å². The summed E-state index contributed by atoms with van der Waals surface area (Å²) in [4.78, 5) is 50.3. The van der Waals surface area contributed by atoms with Gasteiger partial charge in [0.1, 0.15) is 11.4 Å². The number of anilines is 1. The van der Waals surface area contributed by atoms with Crippen molar-refractivity contribution in [2.45, 2.75) is 12.3 Å². The van der Waals surface area contributed by atoms with Gasteiger partial charge in [0.15, 0.2) is 6.61 Å². The van der Waals surface area contributed by atoms with Crippen LogP contribution in [0.5, 0.6) is 0 Å². The molecule has 0 aliphatic heterocycles. The molecule has 0 amide bonds. The summed E-state index contributed by atoms with van der Waals surface area (Å²) in [6.45, 7) is -0.652. The van der Waals surface area contributed by atoms with E-state index in [4.69, 9.17) is 10.5 Å². The summed E-state index contributed by atoms with van der Waals surface area (Å²) in [6.07, 6.45) is 0.0143. The van der Waals surface area contributed by atoms with Gasteiger partial charge < -0.3 is 10.5 Å². The van der Waals surface area contributed by atoms with E-state index in [1.165, 1.54) is 7.05 Å². The van der Waals surface area contributed by atoms with Crippen LogP contribution in [-0.4, -0.2) is 27.9 Å². The number of hydrogen-bond donors (Lipinski definition) is 2. The van der Waals surface area contributed by atoms with Crippen LogP contribution in [0, 0.1) is 0 Å². The van der Waals surface area contributed by atoms with Gasteiger partial charge in [-0.3, -0.25) is 23.9 Å². The minimum absolute atomic E-state index is 0.0143. The van der Waals surface area contributed by atoms with Gasteiger partial charge in [0.2, 0.25) is 5.78 Å². The number of esters is 1. The number of hydrogen-bond acceptors (Lipinski definition) is 6. The number of ketones is 1. The number of nitrogens with one attached hydrogen (secondary N) is 1. The number of aromatic amines is 1. The molecule has 154 valence electrons. The fraction of sp³-hybridized carbons (Fsp3) is 0.182. The topological polar surface area (TPSA) is 124 Å². The number of rotatable bonds is 7. The lowest BCUT2D eigenvalue weighted by molar-refractivity contribution is -0.142. The molecule has 0 aliphatic carbocycles. The number of nitrogen functional groups attached to an aromatic ring is 1. The zero-order valence-electron chi connectivity index (χ0n) is 16.3. The quantitative estimate of drug-likeness (QED) is 0.453. The molecule has 1 aromatic heterocycles. The van der Waals surface area contributed by atoms with E-state index in [0.717, 1.165) is 15.7 Å². The summed E-state index contributed by atoms with van der Waals surface area (Å²) in [6, 6.07) is 19.0. The van der Waals surface area contributed by atoms with Gasteiger partial charge in [-0.05, 0) is 11.1 Å². The third kappa shape index (κ3) is 4.54. The van der Waals surface area contributed by atoms with Crippen molar-refractivity contribution in [3.8, 4) is 0 Å². The lowest BCUT2D eigenvalue weighted by atomic mass is 9.89. The molecular weight excluding hydrogens is 386 g/mol. The zero-order valence-corrected chi connectivity index (χ0v) is 16.3. The highest BCUT2D eigenvalue weighted by Crippen LogP contribution is 2.28. The molecule has 8 heteroatoms. The summed E-state index contributed by atoms with van der Waals surface area (Å²) < 4.78 is 6.07. The molecule has 8 nitrogen and oxygen atoms in total. The van der Waals surface area contributed by atoms with Crippen molar-refractivity contribution in [2.75, 3.05) is 12.3 Å². The van der Waals surface area contributed by atoms with Gasteiger partial charge in [0, 0.05) is 13.0 Å². The highest BCUT2D eigenvalue weighted by molar-refractivity contribution is 6.01. The fourth-order valence-corrected chi connectivity index (χ4v) is 3.15. The lowest BCUT2D eigenvalue weighted by Gasteiger charge is -2.17. The Hall–Kier alpha value is -3.94. The molecular formula is C22H21N3O5. The van der Waals surface area contributed by atoms with Crippen LogP contribution in [0.2, 0.25) is 0 Å². The number of nitrogens with two attached hydrogens (primary N) is 1. The Kier molecular flexibility index (Phi) is 6.26. The van der Waals surface area contributed by atoms with E-state index in [0.29, 0.717) is 0 Å². The third-order valence-electron chi connectivity index (χ3n) is 4.79. The summed E-state index contributed by atoms with van der Waals surface area (Å²) in [5.74, 6) is -1.91. The molecule has 0 saturated heterocycles. The van der Waals surface area contributed by atoms with E-state index >= 15 is 0 Å². The van der Waals surface area contributed by atoms with Crippen LogP contribution >= 0.6 is 0 Å². The first kappa shape index (κ1) is 20.8. The largest absolute Gasteiger partial charge is 0.457 e. The first-order valence-corrected chi connectivity index (χ1v) is 9.26. The lowest BCUT2D eigenvalue weighted by Crippen LogP contribution is -2.35. The Balaban J connectivity index is 1.74. The summed E-state index contributed by atoms with van der Waals surface area (Å²) in [5, 5.41) is 0. The highest BCUT2D eigenvalue weighted by Gasteiger charge is 2.22. The Bertz CT molecular complexity index is 1130. The molecule has 0 radical (unpaired) electrons. The first-order chi connectivity index (χ1) is 14.4. The van der Waals surface area contributed by atoms with Crippen molar-refractivity contribution in [3.05, 3.63) is 98.2 Å². The Labute approximate surface area is 171 Å². The molecule has 30 heavy (non-hydrogen) atoms. The molecule has 0 unspecified atom stereocenters. The average molecular weight is 407 g/mol. The standard InChI is InChI=1S/C22H21N3O5/c1-25-20(23)19(21(28)24-22(25)29)17(26)13-30-18(27)12-16(14-8-4-2-5-9-14)15-10-6-3-7-11-15/h2-11,16H,12-13,23H2,1H3,(H,24,28,29). The highest BCUT2D eigenvalue weighted by atomic mass is 16.5. The van der Waals surface area contributed by atoms with Gasteiger partial charge in [-0.1, -0.05) is 60.7 Å². The molecule has 0 spiro atoms. The van der Waals surface area contributed by atoms with Crippen LogP contribution in [0.1, 0.15) is 33.8 Å². The molecule has 0 bridgehead atoms. The van der Waals surface area contributed by atoms with Crippen LogP contribution in [0.3, 0.4) is 0 Å². The van der Waals surface area contributed by atoms with Crippen LogP contribution in [0.25, 0.3) is 0 Å². The molecule has 0 atom stereocenters. The Morgan fingerprint density at radius 1 is 1.00 bits per heavy atom. The number of carbonyl (C=O) groups excluding carboxylic acids is 2. The van der Waals surface area contributed by atoms with E-state index in [2.05, 4.69) is 0 Å². The molecule has 0 saturated carbocycles. The third-order valence-corrected chi connectivity index (χ3v) is 4.79. The maximum atomic E-state index is 12.5. The second-order valence-corrected chi connectivity index (χ2v) is 6.74. The van der Waals surface area contributed by atoms with Crippen molar-refractivity contribution >= 4 is 17.6 Å². The molecule has 3 aromatic rings. The van der Waals surface area contributed by atoms with Crippen LogP contribution in [0.15, 0.2) is 70.3 Å². The molecule has 2 aromatic carbocycles. The van der Waals surface area contributed by atoms with Crippen molar-refractivity contribution in [2.24, 2.45) is 7.05 Å². The van der Waals surface area contributed by atoms with Crippen molar-refractivity contribution < 1.29 is 14.3 Å². The number of Topliss-reactive ketones (excluding diaryl/α,β-unsaturated/α-hetero) is 1. The number of carbonyl (C=O) groups is 2. The number of aromatic nitrogens is 2. The molecule has 0 fully saturated rings. The zero-order chi connectivity index (χ0) is 21.7. The summed E-state index contributed by atoms with van der Waals surface area (Å²) in [5.41, 5.74) is 5.52. The molecule has 1 heterocycles. The number of H-pyrrole nitrogens is 1. The summed E-state index contributed by atoms with van der Waals surface area (Å²) >= 11 is 0. The van der Waals surface area contributed by atoms with E-state index < -0.39 is 35.2 Å². The molecule has 3 rings (SSSR count). The molecule has 3 N–H and O–H groups in total. The minimum atomic E-state index is -0.914. The monoisotopic (exact) mass is 407 g/mol. The van der Waals surface area contributed by atoms with Gasteiger partial charge in [-0.25, -0.2) is 4.79 Å². The molecule has 0 aliphatic rings. The van der Waals surface area contributed by atoms with Gasteiger partial charge in [0.25, 0.3) is 5.56 Å². The second kappa shape index (κ2) is 9.04. The van der Waals surface area contributed by atoms with E-state index in [-0.39, 0.29) is 18.2 Å². The maximum Gasteiger partial charge on any atom is 0.329 e. The summed E-state index contributed by atoms with van der Waals surface area (Å²) in [7, 11) is 1.32. The van der Waals surface area contributed by atoms with Crippen LogP contribution in [0.4, 0.5) is 5.82 Å². The Morgan fingerprint density at radius 3 is 2.07 bits per heavy atom. The van der Waals surface area contributed by atoms with Crippen molar-refractivity contribution in [3.63, 3.8) is 0 Å². The predicted molar refractivity (Wildman–Crippen MR) is 111 cm³/mol. The van der Waals surface area contributed by atoms with Crippen LogP contribution in [-0.2, 0) is 16.6 Å². The van der Waals surface area contributed by atoms with Gasteiger partial charge >= 0.3 is 11.7 Å². The second-order valence-electron chi connectivity index (χ2n) is 6.74. The van der Waals surface area contributed by atoms with Crippen molar-refractivity contribution in [1.29, 1.82) is 0 Å². The first-order valence-electron chi connectivity index (χ1n) is 9.26. The van der Waals surface area contributed by atoms with E-state index in [9.17, 15) is 19.2 Å². The average Bonchev–Trinajstić information content (AvgIpc) is 2.75. The maximum absolute atomic E-state index is 12.5. The van der Waals surface area contributed by atoms with E-state index in [1.54, 1.807) is 0 Å². The van der Waals surface area contributed by atoms with Crippen LogP contribution < -0.4 is 17.0 Å². The Morgan fingerprint density at radius 2 is 1.53 bits per heavy atom. The van der Waals surface area contributed by atoms with E-state index in [1.807, 2.05) is 65.6 Å². The smallest absolute Gasteiger partial charge is 0.329 e.